The molecule has 116 valence electrons. The van der Waals surface area contributed by atoms with Crippen molar-refractivity contribution in [3.63, 3.8) is 0 Å². The van der Waals surface area contributed by atoms with Gasteiger partial charge in [-0.05, 0) is 24.1 Å². The number of ether oxygens (including phenoxy) is 1. The first-order chi connectivity index (χ1) is 10.7. The fourth-order valence-corrected chi connectivity index (χ4v) is 2.51. The Balaban J connectivity index is 1.55. The summed E-state index contributed by atoms with van der Waals surface area (Å²) in [5.41, 5.74) is 1.71. The molecule has 0 saturated carbocycles. The van der Waals surface area contributed by atoms with E-state index >= 15 is 0 Å². The maximum Gasteiger partial charge on any atom is 0.225 e. The van der Waals surface area contributed by atoms with Crippen molar-refractivity contribution < 1.29 is 19.1 Å². The van der Waals surface area contributed by atoms with Crippen LogP contribution in [0.3, 0.4) is 0 Å². The number of furan rings is 1. The van der Waals surface area contributed by atoms with Gasteiger partial charge in [0.2, 0.25) is 5.91 Å². The first-order valence-corrected chi connectivity index (χ1v) is 7.41. The van der Waals surface area contributed by atoms with Crippen LogP contribution in [0.1, 0.15) is 18.1 Å². The summed E-state index contributed by atoms with van der Waals surface area (Å²) in [5, 5.41) is 12.9. The molecule has 1 amide bonds. The molecule has 22 heavy (non-hydrogen) atoms. The summed E-state index contributed by atoms with van der Waals surface area (Å²) in [6.45, 7) is 1.31. The van der Waals surface area contributed by atoms with Crippen molar-refractivity contribution in [3.05, 3.63) is 48.2 Å². The summed E-state index contributed by atoms with van der Waals surface area (Å²) in [4.78, 5) is 11.9. The highest BCUT2D eigenvalue weighted by Crippen LogP contribution is 2.22. The Morgan fingerprint density at radius 2 is 2.14 bits per heavy atom. The van der Waals surface area contributed by atoms with E-state index in [4.69, 9.17) is 9.15 Å². The van der Waals surface area contributed by atoms with E-state index in [2.05, 4.69) is 5.32 Å². The maximum atomic E-state index is 11.9. The molecule has 0 aliphatic carbocycles. The second-order valence-corrected chi connectivity index (χ2v) is 5.42. The van der Waals surface area contributed by atoms with Crippen LogP contribution in [0.4, 0.5) is 0 Å². The lowest BCUT2D eigenvalue weighted by Crippen LogP contribution is -2.34. The number of nitrogens with one attached hydrogen (secondary N) is 1. The summed E-state index contributed by atoms with van der Waals surface area (Å²) >= 11 is 0. The molecule has 5 nitrogen and oxygen atoms in total. The van der Waals surface area contributed by atoms with Gasteiger partial charge in [-0.3, -0.25) is 4.79 Å². The molecule has 2 N–H and O–H groups in total. The van der Waals surface area contributed by atoms with Gasteiger partial charge in [-0.2, -0.15) is 0 Å². The highest BCUT2D eigenvalue weighted by atomic mass is 16.5. The smallest absolute Gasteiger partial charge is 0.225 e. The molecule has 3 rings (SSSR count). The fourth-order valence-electron chi connectivity index (χ4n) is 2.51. The van der Waals surface area contributed by atoms with Crippen molar-refractivity contribution in [2.75, 3.05) is 19.8 Å². The van der Waals surface area contributed by atoms with Gasteiger partial charge in [-0.1, -0.05) is 24.3 Å². The summed E-state index contributed by atoms with van der Waals surface area (Å²) < 4.78 is 10.5. The molecule has 0 bridgehead atoms. The van der Waals surface area contributed by atoms with Crippen molar-refractivity contribution in [2.24, 2.45) is 5.92 Å². The lowest BCUT2D eigenvalue weighted by atomic mass is 10.0. The van der Waals surface area contributed by atoms with Crippen molar-refractivity contribution in [1.29, 1.82) is 0 Å². The Morgan fingerprint density at radius 3 is 2.77 bits per heavy atom. The van der Waals surface area contributed by atoms with Crippen molar-refractivity contribution >= 4 is 5.91 Å². The van der Waals surface area contributed by atoms with Crippen LogP contribution >= 0.6 is 0 Å². The summed E-state index contributed by atoms with van der Waals surface area (Å²) in [6.07, 6.45) is 1.65. The van der Waals surface area contributed by atoms with Crippen LogP contribution in [0, 0.1) is 5.92 Å². The second kappa shape index (κ2) is 6.77. The fraction of sp³-hybridized carbons (Fsp3) is 0.353. The number of aliphatic hydroxyl groups excluding tert-OH is 1. The Bertz CT molecular complexity index is 600. The van der Waals surface area contributed by atoms with Gasteiger partial charge in [0, 0.05) is 18.7 Å². The molecule has 2 aromatic rings. The van der Waals surface area contributed by atoms with Gasteiger partial charge >= 0.3 is 0 Å². The molecule has 1 aromatic carbocycles. The predicted octanol–water partition coefficient (Wildman–Crippen LogP) is 2.13. The van der Waals surface area contributed by atoms with E-state index in [0.29, 0.717) is 13.2 Å². The SMILES string of the molecule is O=C(NC[C@H](O)c1ccc(-c2ccco2)cc1)[C@@H]1CCOC1. The number of carbonyl (C=O) groups is 1. The van der Waals surface area contributed by atoms with Gasteiger partial charge in [0.05, 0.1) is 24.9 Å². The molecule has 1 saturated heterocycles. The molecule has 0 unspecified atom stereocenters. The number of amides is 1. The number of benzene rings is 1. The van der Waals surface area contributed by atoms with E-state index in [-0.39, 0.29) is 18.4 Å². The Morgan fingerprint density at radius 1 is 1.32 bits per heavy atom. The maximum absolute atomic E-state index is 11.9. The van der Waals surface area contributed by atoms with Crippen LogP contribution in [0.25, 0.3) is 11.3 Å². The van der Waals surface area contributed by atoms with Gasteiger partial charge in [0.25, 0.3) is 0 Å². The molecular formula is C17H19NO4. The summed E-state index contributed by atoms with van der Waals surface area (Å²) in [5.74, 6) is 0.646. The molecule has 2 heterocycles. The average Bonchev–Trinajstić information content (AvgIpc) is 3.25. The Kier molecular flexibility index (Phi) is 4.56. The predicted molar refractivity (Wildman–Crippen MR) is 81.0 cm³/mol. The van der Waals surface area contributed by atoms with E-state index < -0.39 is 6.10 Å². The molecular weight excluding hydrogens is 282 g/mol. The van der Waals surface area contributed by atoms with Crippen molar-refractivity contribution in [1.82, 2.24) is 5.32 Å². The molecule has 0 radical (unpaired) electrons. The zero-order chi connectivity index (χ0) is 15.4. The topological polar surface area (TPSA) is 71.7 Å². The first-order valence-electron chi connectivity index (χ1n) is 7.41. The molecule has 0 spiro atoms. The van der Waals surface area contributed by atoms with Gasteiger partial charge < -0.3 is 19.6 Å². The van der Waals surface area contributed by atoms with Gasteiger partial charge in [-0.25, -0.2) is 0 Å². The second-order valence-electron chi connectivity index (χ2n) is 5.42. The van der Waals surface area contributed by atoms with Gasteiger partial charge in [-0.15, -0.1) is 0 Å². The minimum atomic E-state index is -0.725. The quantitative estimate of drug-likeness (QED) is 0.887. The summed E-state index contributed by atoms with van der Waals surface area (Å²) in [6, 6.07) is 11.2. The van der Waals surface area contributed by atoms with Crippen LogP contribution in [0.2, 0.25) is 0 Å². The minimum absolute atomic E-state index is 0.0521. The molecule has 1 aliphatic rings. The third-order valence-electron chi connectivity index (χ3n) is 3.87. The Labute approximate surface area is 128 Å². The standard InChI is InChI=1S/C17H19NO4/c19-15(10-18-17(20)14-7-9-21-11-14)12-3-5-13(6-4-12)16-2-1-8-22-16/h1-6,8,14-15,19H,7,9-11H2,(H,18,20)/t14-,15+/m1/s1. The lowest BCUT2D eigenvalue weighted by Gasteiger charge is -2.14. The number of carbonyl (C=O) groups excluding carboxylic acids is 1. The average molecular weight is 301 g/mol. The third kappa shape index (κ3) is 3.37. The van der Waals surface area contributed by atoms with Crippen LogP contribution in [0.15, 0.2) is 47.1 Å². The number of hydrogen-bond acceptors (Lipinski definition) is 4. The van der Waals surface area contributed by atoms with Crippen LogP contribution < -0.4 is 5.32 Å². The molecule has 2 atom stereocenters. The molecule has 5 heteroatoms. The van der Waals surface area contributed by atoms with Crippen molar-refractivity contribution in [2.45, 2.75) is 12.5 Å². The van der Waals surface area contributed by atoms with Crippen LogP contribution in [0.5, 0.6) is 0 Å². The van der Waals surface area contributed by atoms with Crippen LogP contribution in [-0.2, 0) is 9.53 Å². The lowest BCUT2D eigenvalue weighted by molar-refractivity contribution is -0.125. The van der Waals surface area contributed by atoms with Crippen molar-refractivity contribution in [3.8, 4) is 11.3 Å². The number of rotatable bonds is 5. The molecule has 1 fully saturated rings. The summed E-state index contributed by atoms with van der Waals surface area (Å²) in [7, 11) is 0. The Hall–Kier alpha value is -2.11. The van der Waals surface area contributed by atoms with E-state index in [1.807, 2.05) is 36.4 Å². The first kappa shape index (κ1) is 14.8. The number of aliphatic hydroxyl groups is 1. The zero-order valence-electron chi connectivity index (χ0n) is 12.2. The monoisotopic (exact) mass is 301 g/mol. The van der Waals surface area contributed by atoms with Gasteiger partial charge in [0.1, 0.15) is 5.76 Å². The largest absolute Gasteiger partial charge is 0.464 e. The highest BCUT2D eigenvalue weighted by molar-refractivity contribution is 5.79. The van der Waals surface area contributed by atoms with E-state index in [1.54, 1.807) is 6.26 Å². The number of hydrogen-bond donors (Lipinski definition) is 2. The van der Waals surface area contributed by atoms with Crippen LogP contribution in [-0.4, -0.2) is 30.8 Å². The highest BCUT2D eigenvalue weighted by Gasteiger charge is 2.23. The molecule has 1 aromatic heterocycles. The van der Waals surface area contributed by atoms with E-state index in [9.17, 15) is 9.90 Å². The minimum Gasteiger partial charge on any atom is -0.464 e. The normalized spacial score (nSPS) is 19.0. The van der Waals surface area contributed by atoms with E-state index in [1.165, 1.54) is 0 Å². The molecule has 1 aliphatic heterocycles. The van der Waals surface area contributed by atoms with Gasteiger partial charge in [0.15, 0.2) is 0 Å². The third-order valence-corrected chi connectivity index (χ3v) is 3.87. The van der Waals surface area contributed by atoms with E-state index in [0.717, 1.165) is 23.3 Å². The zero-order valence-corrected chi connectivity index (χ0v) is 12.2.